The van der Waals surface area contributed by atoms with Crippen molar-refractivity contribution >= 4 is 5.91 Å². The van der Waals surface area contributed by atoms with E-state index in [1.165, 1.54) is 5.56 Å². The number of aromatic nitrogens is 2. The van der Waals surface area contributed by atoms with Crippen molar-refractivity contribution < 1.29 is 4.79 Å². The van der Waals surface area contributed by atoms with Gasteiger partial charge in [-0.05, 0) is 56.3 Å². The summed E-state index contributed by atoms with van der Waals surface area (Å²) in [4.78, 5) is 15.3. The molecule has 3 rings (SSSR count). The number of hydrogen-bond donors (Lipinski definition) is 1. The van der Waals surface area contributed by atoms with Gasteiger partial charge in [-0.2, -0.15) is 5.10 Å². The van der Waals surface area contributed by atoms with E-state index >= 15 is 0 Å². The molecule has 1 heterocycles. The Morgan fingerprint density at radius 3 is 2.40 bits per heavy atom. The maximum atomic E-state index is 12.9. The topological polar surface area (TPSA) is 50.2 Å². The first-order valence-electron chi connectivity index (χ1n) is 10.7. The van der Waals surface area contributed by atoms with Gasteiger partial charge in [0.25, 0.3) is 5.91 Å². The maximum Gasteiger partial charge on any atom is 0.251 e. The Bertz CT molecular complexity index is 960. The third-order valence-electron chi connectivity index (χ3n) is 5.52. The van der Waals surface area contributed by atoms with E-state index in [-0.39, 0.29) is 11.9 Å². The predicted molar refractivity (Wildman–Crippen MR) is 122 cm³/mol. The van der Waals surface area contributed by atoms with Gasteiger partial charge in [0.1, 0.15) is 0 Å². The van der Waals surface area contributed by atoms with Crippen molar-refractivity contribution in [2.24, 2.45) is 0 Å². The molecule has 30 heavy (non-hydrogen) atoms. The van der Waals surface area contributed by atoms with Crippen LogP contribution in [-0.2, 0) is 6.54 Å². The number of nitrogens with one attached hydrogen (secondary N) is 1. The van der Waals surface area contributed by atoms with Crippen molar-refractivity contribution in [1.82, 2.24) is 20.0 Å². The van der Waals surface area contributed by atoms with Crippen molar-refractivity contribution in [2.75, 3.05) is 19.6 Å². The lowest BCUT2D eigenvalue weighted by atomic mass is 10.0. The molecule has 0 aliphatic rings. The van der Waals surface area contributed by atoms with Crippen LogP contribution >= 0.6 is 0 Å². The molecule has 0 spiro atoms. The number of amides is 1. The van der Waals surface area contributed by atoms with Gasteiger partial charge in [-0.25, -0.2) is 0 Å². The quantitative estimate of drug-likeness (QED) is 0.576. The molecule has 0 bridgehead atoms. The summed E-state index contributed by atoms with van der Waals surface area (Å²) in [5.41, 5.74) is 5.09. The van der Waals surface area contributed by atoms with Gasteiger partial charge in [-0.15, -0.1) is 0 Å². The van der Waals surface area contributed by atoms with Crippen LogP contribution < -0.4 is 5.32 Å². The Morgan fingerprint density at radius 1 is 1.03 bits per heavy atom. The molecule has 1 N–H and O–H groups in total. The second-order valence-corrected chi connectivity index (χ2v) is 7.64. The van der Waals surface area contributed by atoms with E-state index in [0.717, 1.165) is 30.0 Å². The molecule has 0 radical (unpaired) electrons. The highest BCUT2D eigenvalue weighted by Gasteiger charge is 2.19. The molecule has 0 aliphatic carbocycles. The second kappa shape index (κ2) is 10.2. The lowest BCUT2D eigenvalue weighted by Gasteiger charge is -2.30. The SMILES string of the molecule is CCN(CC)C(CNC(=O)c1cccc(Cn2nc(C)cc2C)c1)c1ccccc1. The monoisotopic (exact) mass is 404 g/mol. The first-order valence-corrected chi connectivity index (χ1v) is 10.7. The lowest BCUT2D eigenvalue weighted by molar-refractivity contribution is 0.0935. The number of benzene rings is 2. The predicted octanol–water partition coefficient (Wildman–Crippen LogP) is 4.36. The summed E-state index contributed by atoms with van der Waals surface area (Å²) in [6, 6.07) is 20.4. The molecule has 3 aromatic rings. The van der Waals surface area contributed by atoms with Crippen LogP contribution in [0, 0.1) is 13.8 Å². The summed E-state index contributed by atoms with van der Waals surface area (Å²) >= 11 is 0. The van der Waals surface area contributed by atoms with Gasteiger partial charge in [-0.3, -0.25) is 14.4 Å². The fourth-order valence-electron chi connectivity index (χ4n) is 3.91. The molecule has 1 unspecified atom stereocenters. The van der Waals surface area contributed by atoms with E-state index in [2.05, 4.69) is 59.5 Å². The number of carbonyl (C=O) groups is 1. The maximum absolute atomic E-state index is 12.9. The molecule has 158 valence electrons. The van der Waals surface area contributed by atoms with Gasteiger partial charge < -0.3 is 5.32 Å². The molecule has 5 nitrogen and oxygen atoms in total. The van der Waals surface area contributed by atoms with E-state index in [9.17, 15) is 4.79 Å². The molecule has 1 atom stereocenters. The largest absolute Gasteiger partial charge is 0.350 e. The Morgan fingerprint density at radius 2 is 1.77 bits per heavy atom. The molecule has 1 amide bonds. The van der Waals surface area contributed by atoms with Crippen molar-refractivity contribution in [3.63, 3.8) is 0 Å². The van der Waals surface area contributed by atoms with Gasteiger partial charge in [0.2, 0.25) is 0 Å². The standard InChI is InChI=1S/C25H32N4O/c1-5-28(6-2)24(22-12-8-7-9-13-22)17-26-25(30)23-14-10-11-21(16-23)18-29-20(4)15-19(3)27-29/h7-16,24H,5-6,17-18H2,1-4H3,(H,26,30). The molecular weight excluding hydrogens is 372 g/mol. The molecular formula is C25H32N4O. The highest BCUT2D eigenvalue weighted by molar-refractivity contribution is 5.94. The van der Waals surface area contributed by atoms with Crippen LogP contribution in [0.5, 0.6) is 0 Å². The van der Waals surface area contributed by atoms with E-state index in [4.69, 9.17) is 0 Å². The van der Waals surface area contributed by atoms with Gasteiger partial charge in [-0.1, -0.05) is 56.3 Å². The van der Waals surface area contributed by atoms with Crippen LogP contribution in [0.3, 0.4) is 0 Å². The van der Waals surface area contributed by atoms with Crippen molar-refractivity contribution in [1.29, 1.82) is 0 Å². The van der Waals surface area contributed by atoms with Crippen molar-refractivity contribution in [3.05, 3.63) is 88.7 Å². The zero-order valence-electron chi connectivity index (χ0n) is 18.4. The molecule has 0 fully saturated rings. The minimum Gasteiger partial charge on any atom is -0.350 e. The summed E-state index contributed by atoms with van der Waals surface area (Å²) < 4.78 is 1.97. The van der Waals surface area contributed by atoms with Crippen molar-refractivity contribution in [3.8, 4) is 0 Å². The second-order valence-electron chi connectivity index (χ2n) is 7.64. The van der Waals surface area contributed by atoms with Crippen LogP contribution in [0.2, 0.25) is 0 Å². The Hall–Kier alpha value is -2.92. The average Bonchev–Trinajstić information content (AvgIpc) is 3.08. The fraction of sp³-hybridized carbons (Fsp3) is 0.360. The summed E-state index contributed by atoms with van der Waals surface area (Å²) in [7, 11) is 0. The smallest absolute Gasteiger partial charge is 0.251 e. The number of nitrogens with zero attached hydrogens (tertiary/aromatic N) is 3. The zero-order valence-corrected chi connectivity index (χ0v) is 18.4. The molecule has 1 aromatic heterocycles. The Kier molecular flexibility index (Phi) is 7.41. The number of aryl methyl sites for hydroxylation is 2. The van der Waals surface area contributed by atoms with Crippen LogP contribution in [0.15, 0.2) is 60.7 Å². The van der Waals surface area contributed by atoms with Gasteiger partial charge in [0.05, 0.1) is 18.3 Å². The number of carbonyl (C=O) groups excluding carboxylic acids is 1. The highest BCUT2D eigenvalue weighted by Crippen LogP contribution is 2.20. The van der Waals surface area contributed by atoms with Crippen LogP contribution in [0.4, 0.5) is 0 Å². The van der Waals surface area contributed by atoms with E-state index in [1.807, 2.05) is 48.9 Å². The van der Waals surface area contributed by atoms with Crippen LogP contribution in [0.25, 0.3) is 0 Å². The summed E-state index contributed by atoms with van der Waals surface area (Å²) in [5.74, 6) is -0.0432. The minimum absolute atomic E-state index is 0.0432. The Balaban J connectivity index is 1.71. The number of rotatable bonds is 9. The average molecular weight is 405 g/mol. The van der Waals surface area contributed by atoms with E-state index < -0.39 is 0 Å². The lowest BCUT2D eigenvalue weighted by Crippen LogP contribution is -2.38. The zero-order chi connectivity index (χ0) is 21.5. The normalized spacial score (nSPS) is 12.2. The molecule has 5 heteroatoms. The summed E-state index contributed by atoms with van der Waals surface area (Å²) in [5, 5.41) is 7.67. The first kappa shape index (κ1) is 21.8. The molecule has 0 saturated heterocycles. The molecule has 0 aliphatic heterocycles. The van der Waals surface area contributed by atoms with Crippen LogP contribution in [0.1, 0.15) is 52.8 Å². The number of hydrogen-bond acceptors (Lipinski definition) is 3. The summed E-state index contributed by atoms with van der Waals surface area (Å²) in [6.07, 6.45) is 0. The highest BCUT2D eigenvalue weighted by atomic mass is 16.1. The van der Waals surface area contributed by atoms with Crippen molar-refractivity contribution in [2.45, 2.75) is 40.3 Å². The Labute approximate surface area is 179 Å². The third kappa shape index (κ3) is 5.36. The molecule has 2 aromatic carbocycles. The van der Waals surface area contributed by atoms with Gasteiger partial charge >= 0.3 is 0 Å². The number of likely N-dealkylation sites (N-methyl/N-ethyl adjacent to an activating group) is 1. The van der Waals surface area contributed by atoms with E-state index in [1.54, 1.807) is 0 Å². The van der Waals surface area contributed by atoms with Gasteiger partial charge in [0, 0.05) is 17.8 Å². The van der Waals surface area contributed by atoms with Gasteiger partial charge in [0.15, 0.2) is 0 Å². The molecule has 0 saturated carbocycles. The van der Waals surface area contributed by atoms with E-state index in [0.29, 0.717) is 18.7 Å². The first-order chi connectivity index (χ1) is 14.5. The summed E-state index contributed by atoms with van der Waals surface area (Å²) in [6.45, 7) is 11.5. The van der Waals surface area contributed by atoms with Crippen LogP contribution in [-0.4, -0.2) is 40.2 Å². The third-order valence-corrected chi connectivity index (χ3v) is 5.52. The fourth-order valence-corrected chi connectivity index (χ4v) is 3.91. The minimum atomic E-state index is -0.0432.